The third kappa shape index (κ3) is 3.29. The van der Waals surface area contributed by atoms with Crippen molar-refractivity contribution in [3.05, 3.63) is 53.9 Å². The first kappa shape index (κ1) is 13.0. The molecule has 94 valence electrons. The number of thioether (sulfide) groups is 1. The Morgan fingerprint density at radius 2 is 2.00 bits per heavy atom. The van der Waals surface area contributed by atoms with Gasteiger partial charge in [-0.1, -0.05) is 6.92 Å². The van der Waals surface area contributed by atoms with Crippen molar-refractivity contribution in [2.75, 3.05) is 6.26 Å². The van der Waals surface area contributed by atoms with Gasteiger partial charge in [-0.05, 0) is 48.4 Å². The standard InChI is InChI=1S/C14H15FN2S/c1-10(11-3-5-17-14(15)8-11)7-12-9-13(18-2)4-6-16-12/h3-6,8-10H,7H2,1-2H3. The summed E-state index contributed by atoms with van der Waals surface area (Å²) < 4.78 is 13.1. The lowest BCUT2D eigenvalue weighted by Gasteiger charge is -2.11. The van der Waals surface area contributed by atoms with Gasteiger partial charge >= 0.3 is 0 Å². The Bertz CT molecular complexity index is 531. The monoisotopic (exact) mass is 262 g/mol. The quantitative estimate of drug-likeness (QED) is 0.621. The average molecular weight is 262 g/mol. The minimum absolute atomic E-state index is 0.229. The van der Waals surface area contributed by atoms with Crippen molar-refractivity contribution in [2.45, 2.75) is 24.2 Å². The van der Waals surface area contributed by atoms with Gasteiger partial charge in [-0.15, -0.1) is 11.8 Å². The Hall–Kier alpha value is -1.42. The van der Waals surface area contributed by atoms with Crippen molar-refractivity contribution in [1.29, 1.82) is 0 Å². The molecule has 0 aromatic carbocycles. The van der Waals surface area contributed by atoms with Gasteiger partial charge in [0, 0.05) is 23.0 Å². The molecule has 0 aliphatic carbocycles. The Kier molecular flexibility index (Phi) is 4.31. The number of hydrogen-bond acceptors (Lipinski definition) is 3. The summed E-state index contributed by atoms with van der Waals surface area (Å²) in [5.41, 5.74) is 1.99. The lowest BCUT2D eigenvalue weighted by atomic mass is 9.97. The van der Waals surface area contributed by atoms with Gasteiger partial charge in [0.15, 0.2) is 0 Å². The van der Waals surface area contributed by atoms with Crippen molar-refractivity contribution in [2.24, 2.45) is 0 Å². The fourth-order valence-corrected chi connectivity index (χ4v) is 2.30. The Morgan fingerprint density at radius 3 is 2.72 bits per heavy atom. The Labute approximate surface area is 111 Å². The van der Waals surface area contributed by atoms with Crippen molar-refractivity contribution < 1.29 is 4.39 Å². The molecular formula is C14H15FN2S. The van der Waals surface area contributed by atoms with E-state index in [2.05, 4.69) is 23.0 Å². The second-order valence-corrected chi connectivity index (χ2v) is 5.08. The SMILES string of the molecule is CSc1ccnc(CC(C)c2ccnc(F)c2)c1. The third-order valence-electron chi connectivity index (χ3n) is 2.86. The summed E-state index contributed by atoms with van der Waals surface area (Å²) in [5, 5.41) is 0. The van der Waals surface area contributed by atoms with E-state index in [-0.39, 0.29) is 5.92 Å². The van der Waals surface area contributed by atoms with E-state index < -0.39 is 5.95 Å². The summed E-state index contributed by atoms with van der Waals surface area (Å²) >= 11 is 1.70. The summed E-state index contributed by atoms with van der Waals surface area (Å²) in [6, 6.07) is 7.42. The number of rotatable bonds is 4. The lowest BCUT2D eigenvalue weighted by Crippen LogP contribution is -2.01. The number of aromatic nitrogens is 2. The smallest absolute Gasteiger partial charge is 0.213 e. The molecule has 2 aromatic heterocycles. The highest BCUT2D eigenvalue weighted by Gasteiger charge is 2.09. The molecule has 0 saturated carbocycles. The van der Waals surface area contributed by atoms with Crippen LogP contribution in [0.25, 0.3) is 0 Å². The van der Waals surface area contributed by atoms with Crippen LogP contribution in [0.3, 0.4) is 0 Å². The first-order chi connectivity index (χ1) is 8.69. The summed E-state index contributed by atoms with van der Waals surface area (Å²) in [7, 11) is 0. The Morgan fingerprint density at radius 1 is 1.22 bits per heavy atom. The largest absolute Gasteiger partial charge is 0.261 e. The molecule has 2 nitrogen and oxygen atoms in total. The van der Waals surface area contributed by atoms with Crippen molar-refractivity contribution in [3.63, 3.8) is 0 Å². The van der Waals surface area contributed by atoms with Crippen LogP contribution >= 0.6 is 11.8 Å². The van der Waals surface area contributed by atoms with Crippen molar-refractivity contribution in [1.82, 2.24) is 9.97 Å². The second-order valence-electron chi connectivity index (χ2n) is 4.20. The molecule has 0 bridgehead atoms. The highest BCUT2D eigenvalue weighted by molar-refractivity contribution is 7.98. The molecule has 0 saturated heterocycles. The summed E-state index contributed by atoms with van der Waals surface area (Å²) in [6.07, 6.45) is 6.17. The maximum atomic E-state index is 13.1. The van der Waals surface area contributed by atoms with E-state index in [9.17, 15) is 4.39 Å². The van der Waals surface area contributed by atoms with Crippen molar-refractivity contribution >= 4 is 11.8 Å². The number of halogens is 1. The summed E-state index contributed by atoms with van der Waals surface area (Å²) in [6.45, 7) is 2.07. The van der Waals surface area contributed by atoms with E-state index in [4.69, 9.17) is 0 Å². The van der Waals surface area contributed by atoms with Crippen LogP contribution in [-0.2, 0) is 6.42 Å². The molecule has 1 atom stereocenters. The topological polar surface area (TPSA) is 25.8 Å². The molecule has 0 amide bonds. The van der Waals surface area contributed by atoms with E-state index in [1.807, 2.05) is 24.6 Å². The maximum absolute atomic E-state index is 13.1. The van der Waals surface area contributed by atoms with E-state index in [1.54, 1.807) is 11.8 Å². The van der Waals surface area contributed by atoms with Crippen LogP contribution < -0.4 is 0 Å². The van der Waals surface area contributed by atoms with Gasteiger partial charge in [0.2, 0.25) is 5.95 Å². The zero-order valence-electron chi connectivity index (χ0n) is 10.4. The maximum Gasteiger partial charge on any atom is 0.213 e. The van der Waals surface area contributed by atoms with Crippen LogP contribution in [-0.4, -0.2) is 16.2 Å². The van der Waals surface area contributed by atoms with E-state index in [1.165, 1.54) is 17.2 Å². The molecule has 0 spiro atoms. The van der Waals surface area contributed by atoms with Gasteiger partial charge in [0.25, 0.3) is 0 Å². The fraction of sp³-hybridized carbons (Fsp3) is 0.286. The van der Waals surface area contributed by atoms with Gasteiger partial charge in [0.1, 0.15) is 0 Å². The molecule has 2 aromatic rings. The minimum atomic E-state index is -0.426. The van der Waals surface area contributed by atoms with E-state index in [0.29, 0.717) is 0 Å². The lowest BCUT2D eigenvalue weighted by molar-refractivity contribution is 0.577. The van der Waals surface area contributed by atoms with Gasteiger partial charge in [0.05, 0.1) is 0 Å². The molecule has 0 fully saturated rings. The molecule has 18 heavy (non-hydrogen) atoms. The molecule has 2 rings (SSSR count). The first-order valence-electron chi connectivity index (χ1n) is 5.79. The summed E-state index contributed by atoms with van der Waals surface area (Å²) in [4.78, 5) is 9.13. The first-order valence-corrected chi connectivity index (χ1v) is 7.02. The van der Waals surface area contributed by atoms with Crippen molar-refractivity contribution in [3.8, 4) is 0 Å². The highest BCUT2D eigenvalue weighted by atomic mass is 32.2. The predicted molar refractivity (Wildman–Crippen MR) is 72.3 cm³/mol. The molecule has 0 N–H and O–H groups in total. The average Bonchev–Trinajstić information content (AvgIpc) is 2.39. The normalized spacial score (nSPS) is 12.4. The highest BCUT2D eigenvalue weighted by Crippen LogP contribution is 2.21. The molecule has 2 heterocycles. The van der Waals surface area contributed by atoms with Crippen LogP contribution in [0.15, 0.2) is 41.6 Å². The second kappa shape index (κ2) is 5.96. The molecular weight excluding hydrogens is 247 g/mol. The van der Waals surface area contributed by atoms with Gasteiger partial charge < -0.3 is 0 Å². The Balaban J connectivity index is 2.13. The zero-order valence-corrected chi connectivity index (χ0v) is 11.2. The van der Waals surface area contributed by atoms with Crippen LogP contribution in [0.4, 0.5) is 4.39 Å². The zero-order chi connectivity index (χ0) is 13.0. The number of nitrogens with zero attached hydrogens (tertiary/aromatic N) is 2. The minimum Gasteiger partial charge on any atom is -0.261 e. The predicted octanol–water partition coefficient (Wildman–Crippen LogP) is 3.68. The molecule has 1 unspecified atom stereocenters. The van der Waals surface area contributed by atoms with Gasteiger partial charge in [-0.25, -0.2) is 4.98 Å². The van der Waals surface area contributed by atoms with Crippen LogP contribution in [0.2, 0.25) is 0 Å². The van der Waals surface area contributed by atoms with E-state index >= 15 is 0 Å². The number of hydrogen-bond donors (Lipinski definition) is 0. The number of pyridine rings is 2. The molecule has 4 heteroatoms. The fourth-order valence-electron chi connectivity index (χ4n) is 1.85. The van der Waals surface area contributed by atoms with Gasteiger partial charge in [-0.2, -0.15) is 4.39 Å². The van der Waals surface area contributed by atoms with Crippen LogP contribution in [0.5, 0.6) is 0 Å². The van der Waals surface area contributed by atoms with Crippen LogP contribution in [0.1, 0.15) is 24.1 Å². The molecule has 0 aliphatic rings. The molecule has 0 aliphatic heterocycles. The third-order valence-corrected chi connectivity index (χ3v) is 3.58. The van der Waals surface area contributed by atoms with Gasteiger partial charge in [-0.3, -0.25) is 4.98 Å². The summed E-state index contributed by atoms with van der Waals surface area (Å²) in [5.74, 6) is -0.197. The molecule has 0 radical (unpaired) electrons. The van der Waals surface area contributed by atoms with Crippen LogP contribution in [0, 0.1) is 5.95 Å². The van der Waals surface area contributed by atoms with E-state index in [0.717, 1.165) is 17.7 Å².